The van der Waals surface area contributed by atoms with Crippen molar-refractivity contribution in [3.05, 3.63) is 12.2 Å². The normalized spacial score (nSPS) is 61.8. The second-order valence-electron chi connectivity index (χ2n) is 7.56. The van der Waals surface area contributed by atoms with E-state index in [2.05, 4.69) is 12.2 Å². The average molecular weight is 304 g/mol. The number of ether oxygens (including phenoxy) is 4. The van der Waals surface area contributed by atoms with Crippen molar-refractivity contribution in [1.82, 2.24) is 0 Å². The van der Waals surface area contributed by atoms with Crippen LogP contribution in [0.15, 0.2) is 12.2 Å². The average Bonchev–Trinajstić information content (AvgIpc) is 3.31. The van der Waals surface area contributed by atoms with Crippen LogP contribution in [0.2, 0.25) is 0 Å². The molecule has 0 aromatic heterocycles. The molecule has 6 rings (SSSR count). The van der Waals surface area contributed by atoms with Crippen LogP contribution in [0, 0.1) is 29.6 Å². The Bertz CT molecular complexity index is 573. The minimum absolute atomic E-state index is 0.00638. The van der Waals surface area contributed by atoms with Gasteiger partial charge in [0.15, 0.2) is 0 Å². The lowest BCUT2D eigenvalue weighted by Crippen LogP contribution is -2.50. The van der Waals surface area contributed by atoms with E-state index < -0.39 is 0 Å². The van der Waals surface area contributed by atoms with E-state index in [0.29, 0.717) is 30.3 Å². The van der Waals surface area contributed by atoms with Crippen LogP contribution >= 0.6 is 0 Å². The van der Waals surface area contributed by atoms with Gasteiger partial charge in [0.1, 0.15) is 0 Å². The van der Waals surface area contributed by atoms with Crippen LogP contribution in [0.25, 0.3) is 0 Å². The molecule has 6 heterocycles. The third-order valence-corrected chi connectivity index (χ3v) is 6.90. The van der Waals surface area contributed by atoms with Gasteiger partial charge in [-0.05, 0) is 13.3 Å². The maximum Gasteiger partial charge on any atom is 0.311 e. The summed E-state index contributed by atoms with van der Waals surface area (Å²) in [6.07, 6.45) is 6.29. The van der Waals surface area contributed by atoms with Crippen molar-refractivity contribution in [1.29, 1.82) is 0 Å². The summed E-state index contributed by atoms with van der Waals surface area (Å²) in [5, 5.41) is 0. The Labute approximate surface area is 128 Å². The first-order valence-electron chi connectivity index (χ1n) is 8.59. The van der Waals surface area contributed by atoms with Crippen molar-refractivity contribution in [3.8, 4) is 0 Å². The van der Waals surface area contributed by atoms with Crippen LogP contribution in [0.1, 0.15) is 13.3 Å². The molecule has 5 nitrogen and oxygen atoms in total. The highest BCUT2D eigenvalue weighted by Crippen LogP contribution is 2.65. The first-order chi connectivity index (χ1) is 10.8. The lowest BCUT2D eigenvalue weighted by atomic mass is 9.59. The van der Waals surface area contributed by atoms with E-state index in [4.69, 9.17) is 18.9 Å². The summed E-state index contributed by atoms with van der Waals surface area (Å²) >= 11 is 0. The van der Waals surface area contributed by atoms with Crippen LogP contribution in [0.3, 0.4) is 0 Å². The Balaban J connectivity index is 1.33. The Morgan fingerprint density at radius 2 is 1.73 bits per heavy atom. The van der Waals surface area contributed by atoms with E-state index in [1.54, 1.807) is 0 Å². The van der Waals surface area contributed by atoms with Gasteiger partial charge in [0, 0.05) is 23.7 Å². The highest BCUT2D eigenvalue weighted by molar-refractivity contribution is 5.74. The van der Waals surface area contributed by atoms with E-state index >= 15 is 0 Å². The second-order valence-corrected chi connectivity index (χ2v) is 7.56. The van der Waals surface area contributed by atoms with Crippen LogP contribution in [0.4, 0.5) is 0 Å². The Hall–Kier alpha value is -0.910. The maximum atomic E-state index is 12.2. The summed E-state index contributed by atoms with van der Waals surface area (Å²) in [7, 11) is 0. The van der Waals surface area contributed by atoms with E-state index in [9.17, 15) is 4.79 Å². The summed E-state index contributed by atoms with van der Waals surface area (Å²) in [6, 6.07) is 0. The third kappa shape index (κ3) is 1.24. The Kier molecular flexibility index (Phi) is 2.24. The molecule has 0 N–H and O–H groups in total. The second kappa shape index (κ2) is 3.94. The van der Waals surface area contributed by atoms with Crippen LogP contribution in [-0.4, -0.2) is 49.2 Å². The molecule has 11 unspecified atom stereocenters. The Morgan fingerprint density at radius 1 is 1.00 bits per heavy atom. The molecule has 0 spiro atoms. The molecule has 6 aliphatic rings. The van der Waals surface area contributed by atoms with E-state index in [-0.39, 0.29) is 48.5 Å². The fraction of sp³-hybridized carbons (Fsp3) is 0.824. The molecule has 6 bridgehead atoms. The lowest BCUT2D eigenvalue weighted by molar-refractivity contribution is -0.151. The van der Waals surface area contributed by atoms with Crippen LogP contribution in [0.5, 0.6) is 0 Å². The molecule has 5 fully saturated rings. The summed E-state index contributed by atoms with van der Waals surface area (Å²) in [6.45, 7) is 2.30. The minimum atomic E-state index is -0.0948. The number of fused-ring (bicyclic) bond motifs is 16. The highest BCUT2D eigenvalue weighted by Gasteiger charge is 2.74. The molecule has 11 atom stereocenters. The topological polar surface area (TPSA) is 54.0 Å². The SMILES string of the molecule is CCOC(=O)C1CC2OC1C1C3OC(C4C5C=CC(O5)C34)C21. The first kappa shape index (κ1) is 12.5. The van der Waals surface area contributed by atoms with E-state index in [1.807, 2.05) is 6.92 Å². The predicted octanol–water partition coefficient (Wildman–Crippen LogP) is 0.920. The molecule has 0 aromatic rings. The van der Waals surface area contributed by atoms with Gasteiger partial charge < -0.3 is 18.9 Å². The van der Waals surface area contributed by atoms with Crippen molar-refractivity contribution in [2.75, 3.05) is 6.61 Å². The smallest absolute Gasteiger partial charge is 0.311 e. The van der Waals surface area contributed by atoms with Gasteiger partial charge in [-0.1, -0.05) is 12.2 Å². The van der Waals surface area contributed by atoms with Gasteiger partial charge in [-0.25, -0.2) is 0 Å². The number of hydrogen-bond donors (Lipinski definition) is 0. The fourth-order valence-corrected chi connectivity index (χ4v) is 6.36. The number of hydrogen-bond acceptors (Lipinski definition) is 5. The van der Waals surface area contributed by atoms with Gasteiger partial charge in [-0.2, -0.15) is 0 Å². The quantitative estimate of drug-likeness (QED) is 0.561. The minimum Gasteiger partial charge on any atom is -0.466 e. The zero-order valence-corrected chi connectivity index (χ0v) is 12.5. The number of esters is 1. The molecule has 6 aliphatic heterocycles. The van der Waals surface area contributed by atoms with Crippen molar-refractivity contribution in [2.24, 2.45) is 29.6 Å². The highest BCUT2D eigenvalue weighted by atomic mass is 16.6. The predicted molar refractivity (Wildman–Crippen MR) is 73.8 cm³/mol. The zero-order valence-electron chi connectivity index (χ0n) is 12.5. The van der Waals surface area contributed by atoms with E-state index in [1.165, 1.54) is 0 Å². The number of carbonyl (C=O) groups excluding carboxylic acids is 1. The summed E-state index contributed by atoms with van der Waals surface area (Å²) in [5.74, 6) is 1.60. The van der Waals surface area contributed by atoms with Gasteiger partial charge in [0.05, 0.1) is 49.1 Å². The van der Waals surface area contributed by atoms with Crippen molar-refractivity contribution in [2.45, 2.75) is 50.0 Å². The van der Waals surface area contributed by atoms with Crippen molar-refractivity contribution < 1.29 is 23.7 Å². The van der Waals surface area contributed by atoms with Crippen LogP contribution < -0.4 is 0 Å². The molecule has 118 valence electrons. The summed E-state index contributed by atoms with van der Waals surface area (Å²) in [4.78, 5) is 12.2. The zero-order chi connectivity index (χ0) is 14.6. The molecule has 0 saturated carbocycles. The lowest BCUT2D eigenvalue weighted by Gasteiger charge is -2.38. The van der Waals surface area contributed by atoms with Gasteiger partial charge in [0.2, 0.25) is 0 Å². The maximum absolute atomic E-state index is 12.2. The Morgan fingerprint density at radius 3 is 2.45 bits per heavy atom. The molecule has 22 heavy (non-hydrogen) atoms. The van der Waals surface area contributed by atoms with E-state index in [0.717, 1.165) is 6.42 Å². The molecular formula is C17H20O5. The van der Waals surface area contributed by atoms with Gasteiger partial charge in [-0.3, -0.25) is 4.79 Å². The molecule has 0 aromatic carbocycles. The monoisotopic (exact) mass is 304 g/mol. The largest absolute Gasteiger partial charge is 0.466 e. The third-order valence-electron chi connectivity index (χ3n) is 6.90. The molecule has 5 saturated heterocycles. The standard InChI is InChI=1S/C17H20O5/c1-2-19-17(18)6-5-9-12-13(14(6)21-9)16-11-8-4-3-7(20-8)10(11)15(12)22-16/h3-4,6-16H,2,5H2,1H3. The van der Waals surface area contributed by atoms with Gasteiger partial charge in [0.25, 0.3) is 0 Å². The van der Waals surface area contributed by atoms with Gasteiger partial charge in [-0.15, -0.1) is 0 Å². The number of carbonyl (C=O) groups is 1. The van der Waals surface area contributed by atoms with Crippen molar-refractivity contribution in [3.63, 3.8) is 0 Å². The molecule has 0 radical (unpaired) electrons. The van der Waals surface area contributed by atoms with Crippen molar-refractivity contribution >= 4 is 5.97 Å². The summed E-state index contributed by atoms with van der Waals surface area (Å²) < 4.78 is 23.9. The van der Waals surface area contributed by atoms with Crippen LogP contribution in [-0.2, 0) is 23.7 Å². The first-order valence-corrected chi connectivity index (χ1v) is 8.59. The molecule has 0 aliphatic carbocycles. The number of rotatable bonds is 2. The molecule has 5 heteroatoms. The molecular weight excluding hydrogens is 284 g/mol. The summed E-state index contributed by atoms with van der Waals surface area (Å²) in [5.41, 5.74) is 0. The van der Waals surface area contributed by atoms with Gasteiger partial charge >= 0.3 is 5.97 Å². The fourth-order valence-electron chi connectivity index (χ4n) is 6.36. The molecule has 0 amide bonds.